The number of anilines is 2. The van der Waals surface area contributed by atoms with Gasteiger partial charge in [0, 0.05) is 44.5 Å². The van der Waals surface area contributed by atoms with Crippen molar-refractivity contribution in [1.82, 2.24) is 19.9 Å². The molecule has 3 heterocycles. The number of amides is 2. The molecule has 0 bridgehead atoms. The van der Waals surface area contributed by atoms with Crippen molar-refractivity contribution in [2.75, 3.05) is 23.4 Å². The van der Waals surface area contributed by atoms with Gasteiger partial charge >= 0.3 is 6.03 Å². The van der Waals surface area contributed by atoms with Gasteiger partial charge in [-0.05, 0) is 43.2 Å². The molecule has 9 heteroatoms. The van der Waals surface area contributed by atoms with Gasteiger partial charge in [-0.3, -0.25) is 15.1 Å². The number of imidazole rings is 1. The van der Waals surface area contributed by atoms with Gasteiger partial charge in [0.05, 0.1) is 16.7 Å². The quantitative estimate of drug-likeness (QED) is 0.619. The van der Waals surface area contributed by atoms with Crippen LogP contribution in [0.3, 0.4) is 0 Å². The number of carbonyl (C=O) groups excluding carboxylic acids is 1. The molecule has 0 radical (unpaired) electrons. The highest BCUT2D eigenvalue weighted by Gasteiger charge is 2.18. The average molecular weight is 393 g/mol. The molecular weight excluding hydrogens is 370 g/mol. The van der Waals surface area contributed by atoms with E-state index in [0.29, 0.717) is 24.6 Å². The zero-order valence-corrected chi connectivity index (χ0v) is 16.4. The number of aromatic amines is 1. The van der Waals surface area contributed by atoms with Crippen LogP contribution in [0, 0.1) is 0 Å². The molecule has 0 saturated carbocycles. The number of rotatable bonds is 5. The second-order valence-corrected chi connectivity index (χ2v) is 6.71. The molecule has 3 N–H and O–H groups in total. The minimum Gasteiger partial charge on any atom is -0.338 e. The first-order valence-electron chi connectivity index (χ1n) is 9.68. The average Bonchev–Trinajstić information content (AvgIpc) is 3.36. The Bertz CT molecular complexity index is 1150. The number of carbonyl (C=O) groups is 1. The largest absolute Gasteiger partial charge is 0.338 e. The molecule has 3 aromatic rings. The molecule has 0 aliphatic carbocycles. The molecule has 2 amide bonds. The van der Waals surface area contributed by atoms with Gasteiger partial charge in [-0.2, -0.15) is 5.10 Å². The first-order valence-corrected chi connectivity index (χ1v) is 9.68. The van der Waals surface area contributed by atoms with E-state index in [1.54, 1.807) is 16.8 Å². The predicted octanol–water partition coefficient (Wildman–Crippen LogP) is 2.75. The second-order valence-electron chi connectivity index (χ2n) is 6.71. The maximum atomic E-state index is 12.3. The van der Waals surface area contributed by atoms with Gasteiger partial charge in [0.1, 0.15) is 0 Å². The van der Waals surface area contributed by atoms with Crippen molar-refractivity contribution in [1.29, 1.82) is 0 Å². The number of aryl methyl sites for hydroxylation is 1. The van der Waals surface area contributed by atoms with E-state index in [4.69, 9.17) is 0 Å². The lowest BCUT2D eigenvalue weighted by Crippen LogP contribution is -2.28. The summed E-state index contributed by atoms with van der Waals surface area (Å²) in [7, 11) is 0. The van der Waals surface area contributed by atoms with E-state index in [-0.39, 0.29) is 11.6 Å². The maximum absolute atomic E-state index is 12.3. The summed E-state index contributed by atoms with van der Waals surface area (Å²) in [6.45, 7) is 5.69. The standard InChI is InChI=1S/C20H23N7O2/c1-3-21-20(29)25-19-23-15-10-14(13-6-9-26(4-2)17(28)12-13)11-16(18(15)24-19)27-8-5-7-22-27/h6-7,9-12H,3-5,8H2,1-2H3,(H3,21,23,24,25,29). The van der Waals surface area contributed by atoms with Crippen molar-refractivity contribution >= 4 is 34.9 Å². The number of H-pyrrole nitrogens is 1. The van der Waals surface area contributed by atoms with Gasteiger partial charge in [0.15, 0.2) is 0 Å². The molecule has 1 aliphatic rings. The number of fused-ring (bicyclic) bond motifs is 1. The zero-order valence-electron chi connectivity index (χ0n) is 16.4. The van der Waals surface area contributed by atoms with Crippen LogP contribution in [-0.4, -0.2) is 39.9 Å². The zero-order chi connectivity index (χ0) is 20.4. The number of nitrogens with one attached hydrogen (secondary N) is 3. The highest BCUT2D eigenvalue weighted by atomic mass is 16.2. The summed E-state index contributed by atoms with van der Waals surface area (Å²) in [5.74, 6) is 0.355. The molecule has 29 heavy (non-hydrogen) atoms. The molecule has 0 atom stereocenters. The lowest BCUT2D eigenvalue weighted by Gasteiger charge is -2.16. The van der Waals surface area contributed by atoms with E-state index in [1.165, 1.54) is 0 Å². The van der Waals surface area contributed by atoms with Crippen LogP contribution in [-0.2, 0) is 6.54 Å². The van der Waals surface area contributed by atoms with Crippen LogP contribution in [0.1, 0.15) is 20.3 Å². The van der Waals surface area contributed by atoms with Crippen molar-refractivity contribution in [3.63, 3.8) is 0 Å². The molecule has 0 spiro atoms. The van der Waals surface area contributed by atoms with Crippen LogP contribution >= 0.6 is 0 Å². The third kappa shape index (κ3) is 3.71. The van der Waals surface area contributed by atoms with Gasteiger partial charge in [-0.15, -0.1) is 0 Å². The molecular formula is C20H23N7O2. The molecule has 4 rings (SSSR count). The summed E-state index contributed by atoms with van der Waals surface area (Å²) in [5, 5.41) is 11.7. The number of pyridine rings is 1. The van der Waals surface area contributed by atoms with Gasteiger partial charge in [0.25, 0.3) is 5.56 Å². The van der Waals surface area contributed by atoms with Crippen LogP contribution in [0.15, 0.2) is 40.4 Å². The molecule has 150 valence electrons. The third-order valence-corrected chi connectivity index (χ3v) is 4.78. The summed E-state index contributed by atoms with van der Waals surface area (Å²) < 4.78 is 1.65. The Labute approximate surface area is 167 Å². The van der Waals surface area contributed by atoms with Crippen LogP contribution < -0.4 is 21.2 Å². The number of urea groups is 1. The van der Waals surface area contributed by atoms with E-state index < -0.39 is 0 Å². The van der Waals surface area contributed by atoms with Crippen molar-refractivity contribution in [3.8, 4) is 11.1 Å². The van der Waals surface area contributed by atoms with E-state index in [1.807, 2.05) is 43.3 Å². The first kappa shape index (κ1) is 18.7. The van der Waals surface area contributed by atoms with Gasteiger partial charge in [-0.1, -0.05) is 0 Å². The Morgan fingerprint density at radius 2 is 2.10 bits per heavy atom. The summed E-state index contributed by atoms with van der Waals surface area (Å²) in [6, 6.07) is 7.12. The fourth-order valence-electron chi connectivity index (χ4n) is 3.36. The van der Waals surface area contributed by atoms with Gasteiger partial charge in [-0.25, -0.2) is 9.78 Å². The summed E-state index contributed by atoms with van der Waals surface area (Å²) in [5.41, 5.74) is 3.94. The van der Waals surface area contributed by atoms with E-state index in [2.05, 4.69) is 25.7 Å². The highest BCUT2D eigenvalue weighted by molar-refractivity contribution is 5.97. The molecule has 1 aromatic carbocycles. The fraction of sp³-hybridized carbons (Fsp3) is 0.300. The fourth-order valence-corrected chi connectivity index (χ4v) is 3.36. The van der Waals surface area contributed by atoms with Crippen LogP contribution in [0.4, 0.5) is 16.4 Å². The number of benzene rings is 1. The van der Waals surface area contributed by atoms with Crippen molar-refractivity contribution in [2.24, 2.45) is 5.10 Å². The Kier molecular flexibility index (Phi) is 5.03. The lowest BCUT2D eigenvalue weighted by atomic mass is 10.0. The number of nitrogens with zero attached hydrogens (tertiary/aromatic N) is 4. The van der Waals surface area contributed by atoms with E-state index in [9.17, 15) is 9.59 Å². The Morgan fingerprint density at radius 1 is 1.24 bits per heavy atom. The van der Waals surface area contributed by atoms with Gasteiger partial charge < -0.3 is 14.9 Å². The van der Waals surface area contributed by atoms with Gasteiger partial charge in [0.2, 0.25) is 5.95 Å². The number of hydrazone groups is 1. The lowest BCUT2D eigenvalue weighted by molar-refractivity contribution is 0.252. The van der Waals surface area contributed by atoms with Crippen LogP contribution in [0.5, 0.6) is 0 Å². The molecule has 0 unspecified atom stereocenters. The monoisotopic (exact) mass is 393 g/mol. The van der Waals surface area contributed by atoms with Crippen molar-refractivity contribution in [3.05, 3.63) is 40.8 Å². The molecule has 0 saturated heterocycles. The minimum atomic E-state index is -0.323. The Balaban J connectivity index is 1.81. The molecule has 2 aromatic heterocycles. The Morgan fingerprint density at radius 3 is 2.79 bits per heavy atom. The number of hydrogen-bond donors (Lipinski definition) is 3. The number of aromatic nitrogens is 3. The third-order valence-electron chi connectivity index (χ3n) is 4.78. The smallest absolute Gasteiger partial charge is 0.321 e. The summed E-state index contributed by atoms with van der Waals surface area (Å²) in [6.07, 6.45) is 4.52. The summed E-state index contributed by atoms with van der Waals surface area (Å²) >= 11 is 0. The second kappa shape index (κ2) is 7.78. The number of hydrogen-bond acceptors (Lipinski definition) is 5. The molecule has 0 fully saturated rings. The van der Waals surface area contributed by atoms with Crippen molar-refractivity contribution in [2.45, 2.75) is 26.8 Å². The highest BCUT2D eigenvalue weighted by Crippen LogP contribution is 2.33. The van der Waals surface area contributed by atoms with Crippen LogP contribution in [0.2, 0.25) is 0 Å². The summed E-state index contributed by atoms with van der Waals surface area (Å²) in [4.78, 5) is 31.8. The Hall–Kier alpha value is -3.62. The van der Waals surface area contributed by atoms with Crippen LogP contribution in [0.25, 0.3) is 22.2 Å². The predicted molar refractivity (Wildman–Crippen MR) is 115 cm³/mol. The SMILES string of the molecule is CCNC(=O)Nc1nc2cc(-c3ccn(CC)c(=O)c3)cc(N3CCC=N3)c2[nH]1. The van der Waals surface area contributed by atoms with E-state index in [0.717, 1.165) is 35.3 Å². The first-order chi connectivity index (χ1) is 14.1. The molecule has 1 aliphatic heterocycles. The van der Waals surface area contributed by atoms with E-state index >= 15 is 0 Å². The maximum Gasteiger partial charge on any atom is 0.321 e. The van der Waals surface area contributed by atoms with Crippen molar-refractivity contribution < 1.29 is 4.79 Å². The minimum absolute atomic E-state index is 0.0496. The normalized spacial score (nSPS) is 13.2. The topological polar surface area (TPSA) is 107 Å². The molecule has 9 nitrogen and oxygen atoms in total.